The number of likely N-dealkylation sites (N-methyl/N-ethyl adjacent to an activating group) is 1. The molecule has 1 aromatic rings. The van der Waals surface area contributed by atoms with Crippen molar-refractivity contribution in [3.63, 3.8) is 0 Å². The molecule has 0 aromatic heterocycles. The maximum Gasteiger partial charge on any atom is 0.401 e. The molecule has 0 heterocycles. The first-order chi connectivity index (χ1) is 12.1. The maximum atomic E-state index is 12.3. The molecule has 0 atom stereocenters. The van der Waals surface area contributed by atoms with Gasteiger partial charge in [-0.2, -0.15) is 22.0 Å². The summed E-state index contributed by atoms with van der Waals surface area (Å²) in [6, 6.07) is 6.19. The maximum absolute atomic E-state index is 12.3. The van der Waals surface area contributed by atoms with Crippen LogP contribution in [0.1, 0.15) is 5.56 Å². The van der Waals surface area contributed by atoms with Crippen molar-refractivity contribution in [2.45, 2.75) is 19.3 Å². The van der Waals surface area contributed by atoms with E-state index in [4.69, 9.17) is 0 Å². The molecule has 0 radical (unpaired) electrons. The first-order valence-electron chi connectivity index (χ1n) is 7.81. The Balaban J connectivity index is 2.47. The van der Waals surface area contributed by atoms with Crippen LogP contribution >= 0.6 is 0 Å². The molecular formula is C16H23F5N4O. The third kappa shape index (κ3) is 8.84. The molecule has 1 aromatic carbocycles. The minimum atomic E-state index is -4.23. The van der Waals surface area contributed by atoms with E-state index in [2.05, 4.69) is 15.0 Å². The highest BCUT2D eigenvalue weighted by molar-refractivity contribution is 5.79. The molecule has 0 aliphatic heterocycles. The Bertz CT molecular complexity index is 563. The van der Waals surface area contributed by atoms with Crippen molar-refractivity contribution in [3.05, 3.63) is 29.8 Å². The van der Waals surface area contributed by atoms with Gasteiger partial charge < -0.3 is 15.0 Å². The predicted molar refractivity (Wildman–Crippen MR) is 89.5 cm³/mol. The molecule has 10 heteroatoms. The van der Waals surface area contributed by atoms with Crippen molar-refractivity contribution >= 4 is 5.96 Å². The molecule has 0 unspecified atom stereocenters. The van der Waals surface area contributed by atoms with E-state index in [1.165, 1.54) is 24.1 Å². The summed E-state index contributed by atoms with van der Waals surface area (Å²) in [5.74, 6) is 0.583. The number of aliphatic imine (C=N–C) groups is 1. The number of nitrogens with one attached hydrogen (secondary N) is 1. The molecule has 26 heavy (non-hydrogen) atoms. The number of alkyl halides is 5. The number of rotatable bonds is 8. The normalized spacial score (nSPS) is 12.6. The van der Waals surface area contributed by atoms with Gasteiger partial charge in [0.2, 0.25) is 0 Å². The van der Waals surface area contributed by atoms with Gasteiger partial charge in [0, 0.05) is 33.7 Å². The Morgan fingerprint density at radius 1 is 1.19 bits per heavy atom. The van der Waals surface area contributed by atoms with E-state index in [1.54, 1.807) is 31.1 Å². The van der Waals surface area contributed by atoms with E-state index >= 15 is 0 Å². The standard InChI is InChI=1S/C16H23F5N4O/c1-22-15(23-8-9-24(2)11-16(19,20)21)25(3)10-12-4-6-13(7-5-12)26-14(17)18/h4-7,14H,8-11H2,1-3H3,(H,22,23). The quantitative estimate of drug-likeness (QED) is 0.427. The van der Waals surface area contributed by atoms with E-state index in [9.17, 15) is 22.0 Å². The average molecular weight is 382 g/mol. The van der Waals surface area contributed by atoms with Gasteiger partial charge in [-0.25, -0.2) is 0 Å². The van der Waals surface area contributed by atoms with Crippen LogP contribution in [0.2, 0.25) is 0 Å². The second-order valence-corrected chi connectivity index (χ2v) is 5.71. The predicted octanol–water partition coefficient (Wildman–Crippen LogP) is 2.79. The van der Waals surface area contributed by atoms with Crippen molar-refractivity contribution in [1.29, 1.82) is 0 Å². The third-order valence-electron chi connectivity index (χ3n) is 3.37. The highest BCUT2D eigenvalue weighted by atomic mass is 19.4. The van der Waals surface area contributed by atoms with Gasteiger partial charge >= 0.3 is 12.8 Å². The summed E-state index contributed by atoms with van der Waals surface area (Å²) in [4.78, 5) is 7.02. The van der Waals surface area contributed by atoms with Gasteiger partial charge in [-0.1, -0.05) is 12.1 Å². The SMILES string of the molecule is CN=C(NCCN(C)CC(F)(F)F)N(C)Cc1ccc(OC(F)F)cc1. The van der Waals surface area contributed by atoms with Crippen LogP contribution < -0.4 is 10.1 Å². The number of halogens is 5. The molecule has 0 amide bonds. The van der Waals surface area contributed by atoms with Gasteiger partial charge in [-0.15, -0.1) is 0 Å². The molecular weight excluding hydrogens is 359 g/mol. The Hall–Kier alpha value is -2.10. The summed E-state index contributed by atoms with van der Waals surface area (Å²) in [5.41, 5.74) is 0.839. The first kappa shape index (κ1) is 21.9. The molecule has 5 nitrogen and oxygen atoms in total. The van der Waals surface area contributed by atoms with Crippen LogP contribution in [0.25, 0.3) is 0 Å². The van der Waals surface area contributed by atoms with E-state index < -0.39 is 19.3 Å². The van der Waals surface area contributed by atoms with E-state index in [0.717, 1.165) is 5.56 Å². The number of guanidine groups is 1. The van der Waals surface area contributed by atoms with E-state index in [-0.39, 0.29) is 12.3 Å². The van der Waals surface area contributed by atoms with Crippen molar-refractivity contribution in [3.8, 4) is 5.75 Å². The lowest BCUT2D eigenvalue weighted by Gasteiger charge is -2.24. The zero-order chi connectivity index (χ0) is 19.7. The smallest absolute Gasteiger partial charge is 0.401 e. The minimum absolute atomic E-state index is 0.0709. The van der Waals surface area contributed by atoms with Crippen molar-refractivity contribution < 1.29 is 26.7 Å². The van der Waals surface area contributed by atoms with Crippen molar-refractivity contribution in [1.82, 2.24) is 15.1 Å². The van der Waals surface area contributed by atoms with Crippen LogP contribution in [-0.4, -0.2) is 69.3 Å². The number of benzene rings is 1. The van der Waals surface area contributed by atoms with Gasteiger partial charge in [0.25, 0.3) is 0 Å². The Morgan fingerprint density at radius 3 is 2.31 bits per heavy atom. The highest BCUT2D eigenvalue weighted by Gasteiger charge is 2.28. The number of nitrogens with zero attached hydrogens (tertiary/aromatic N) is 3. The van der Waals surface area contributed by atoms with Crippen molar-refractivity contribution in [2.24, 2.45) is 4.99 Å². The van der Waals surface area contributed by atoms with Crippen LogP contribution in [0.15, 0.2) is 29.3 Å². The molecule has 0 aliphatic rings. The summed E-state index contributed by atoms with van der Waals surface area (Å²) in [7, 11) is 4.72. The Kier molecular flexibility index (Phi) is 8.56. The van der Waals surface area contributed by atoms with Gasteiger partial charge in [0.05, 0.1) is 6.54 Å². The number of ether oxygens (including phenoxy) is 1. The molecule has 0 bridgehead atoms. The van der Waals surface area contributed by atoms with Crippen molar-refractivity contribution in [2.75, 3.05) is 40.8 Å². The molecule has 0 aliphatic carbocycles. The summed E-state index contributed by atoms with van der Waals surface area (Å²) >= 11 is 0. The third-order valence-corrected chi connectivity index (χ3v) is 3.37. The Labute approximate surface area is 149 Å². The monoisotopic (exact) mass is 382 g/mol. The van der Waals surface area contributed by atoms with Crippen LogP contribution in [0.5, 0.6) is 5.75 Å². The summed E-state index contributed by atoms with van der Waals surface area (Å²) in [6.45, 7) is -2.91. The summed E-state index contributed by atoms with van der Waals surface area (Å²) in [5, 5.41) is 2.99. The lowest BCUT2D eigenvalue weighted by Crippen LogP contribution is -2.43. The molecule has 1 rings (SSSR count). The zero-order valence-electron chi connectivity index (χ0n) is 14.9. The molecule has 1 N–H and O–H groups in total. The molecule has 0 saturated heterocycles. The van der Waals surface area contributed by atoms with E-state index in [1.807, 2.05) is 0 Å². The van der Waals surface area contributed by atoms with Gasteiger partial charge in [0.15, 0.2) is 5.96 Å². The van der Waals surface area contributed by atoms with E-state index in [0.29, 0.717) is 19.0 Å². The van der Waals surface area contributed by atoms with Gasteiger partial charge in [-0.05, 0) is 24.7 Å². The topological polar surface area (TPSA) is 40.1 Å². The second kappa shape index (κ2) is 10.1. The summed E-state index contributed by atoms with van der Waals surface area (Å²) < 4.78 is 65.4. The number of hydrogen-bond acceptors (Lipinski definition) is 3. The fourth-order valence-electron chi connectivity index (χ4n) is 2.25. The Morgan fingerprint density at radius 2 is 1.81 bits per heavy atom. The summed E-state index contributed by atoms with van der Waals surface area (Å²) in [6.07, 6.45) is -4.23. The largest absolute Gasteiger partial charge is 0.435 e. The molecule has 0 saturated carbocycles. The number of hydrogen-bond donors (Lipinski definition) is 1. The minimum Gasteiger partial charge on any atom is -0.435 e. The lowest BCUT2D eigenvalue weighted by atomic mass is 10.2. The van der Waals surface area contributed by atoms with Crippen LogP contribution in [-0.2, 0) is 6.54 Å². The lowest BCUT2D eigenvalue weighted by molar-refractivity contribution is -0.142. The zero-order valence-corrected chi connectivity index (χ0v) is 14.9. The molecule has 0 fully saturated rings. The van der Waals surface area contributed by atoms with Crippen LogP contribution in [0.3, 0.4) is 0 Å². The fourth-order valence-corrected chi connectivity index (χ4v) is 2.25. The average Bonchev–Trinajstić information content (AvgIpc) is 2.51. The molecule has 0 spiro atoms. The van der Waals surface area contributed by atoms with Crippen LogP contribution in [0, 0.1) is 0 Å². The fraction of sp³-hybridized carbons (Fsp3) is 0.562. The van der Waals surface area contributed by atoms with Gasteiger partial charge in [-0.3, -0.25) is 9.89 Å². The second-order valence-electron chi connectivity index (χ2n) is 5.71. The van der Waals surface area contributed by atoms with Gasteiger partial charge in [0.1, 0.15) is 5.75 Å². The molecule has 148 valence electrons. The first-order valence-corrected chi connectivity index (χ1v) is 7.81. The highest BCUT2D eigenvalue weighted by Crippen LogP contribution is 2.16. The van der Waals surface area contributed by atoms with Crippen LogP contribution in [0.4, 0.5) is 22.0 Å².